The lowest BCUT2D eigenvalue weighted by Gasteiger charge is -1.91. The quantitative estimate of drug-likeness (QED) is 0.657. The normalized spacial score (nSPS) is 9.71. The van der Waals surface area contributed by atoms with Gasteiger partial charge in [-0.25, -0.2) is 0 Å². The fraction of sp³-hybridized carbons (Fsp3) is 0.111. The van der Waals surface area contributed by atoms with Gasteiger partial charge in [-0.15, -0.1) is 0 Å². The summed E-state index contributed by atoms with van der Waals surface area (Å²) < 4.78 is 1.52. The molecular formula is C9H7N5. The van der Waals surface area contributed by atoms with E-state index >= 15 is 0 Å². The van der Waals surface area contributed by atoms with Gasteiger partial charge in [-0.2, -0.15) is 10.4 Å². The number of rotatable bonds is 1. The van der Waals surface area contributed by atoms with Crippen LogP contribution in [0.25, 0.3) is 11.4 Å². The Kier molecular flexibility index (Phi) is 1.95. The smallest absolute Gasteiger partial charge is 0.138 e. The maximum atomic E-state index is 8.73. The third-order valence-electron chi connectivity index (χ3n) is 1.82. The Balaban J connectivity index is 2.50. The van der Waals surface area contributed by atoms with E-state index in [1.54, 1.807) is 31.7 Å². The van der Waals surface area contributed by atoms with Gasteiger partial charge in [0.05, 0.1) is 6.20 Å². The molecule has 0 radical (unpaired) electrons. The highest BCUT2D eigenvalue weighted by Gasteiger charge is 2.06. The molecule has 5 nitrogen and oxygen atoms in total. The second-order valence-corrected chi connectivity index (χ2v) is 2.74. The van der Waals surface area contributed by atoms with Crippen LogP contribution in [-0.2, 0) is 7.05 Å². The fourth-order valence-electron chi connectivity index (χ4n) is 1.13. The van der Waals surface area contributed by atoms with Gasteiger partial charge in [0.25, 0.3) is 0 Å². The summed E-state index contributed by atoms with van der Waals surface area (Å²) >= 11 is 0. The van der Waals surface area contributed by atoms with Crippen molar-refractivity contribution in [1.29, 1.82) is 5.26 Å². The molecule has 2 rings (SSSR count). The average molecular weight is 185 g/mol. The van der Waals surface area contributed by atoms with Crippen LogP contribution in [-0.4, -0.2) is 19.7 Å². The summed E-state index contributed by atoms with van der Waals surface area (Å²) in [6.45, 7) is 0. The van der Waals surface area contributed by atoms with Gasteiger partial charge in [0.2, 0.25) is 0 Å². The molecule has 68 valence electrons. The molecule has 0 N–H and O–H groups in total. The third kappa shape index (κ3) is 1.33. The molecule has 0 atom stereocenters. The Hall–Kier alpha value is -2.22. The van der Waals surface area contributed by atoms with Gasteiger partial charge in [0.1, 0.15) is 23.2 Å². The van der Waals surface area contributed by atoms with Crippen molar-refractivity contribution in [2.75, 3.05) is 0 Å². The Morgan fingerprint density at radius 2 is 2.21 bits per heavy atom. The van der Waals surface area contributed by atoms with Gasteiger partial charge in [-0.1, -0.05) is 0 Å². The number of aromatic nitrogens is 4. The summed E-state index contributed by atoms with van der Waals surface area (Å²) in [7, 11) is 1.72. The first-order valence-electron chi connectivity index (χ1n) is 4.02. The van der Waals surface area contributed by atoms with E-state index in [4.69, 9.17) is 5.26 Å². The third-order valence-corrected chi connectivity index (χ3v) is 1.82. The molecule has 0 aromatic carbocycles. The second-order valence-electron chi connectivity index (χ2n) is 2.74. The molecule has 2 aromatic heterocycles. The molecule has 0 saturated heterocycles. The maximum Gasteiger partial charge on any atom is 0.138 e. The molecule has 2 heterocycles. The van der Waals surface area contributed by atoms with Gasteiger partial charge in [-0.05, 0) is 0 Å². The van der Waals surface area contributed by atoms with E-state index in [1.165, 1.54) is 4.68 Å². The monoisotopic (exact) mass is 185 g/mol. The topological polar surface area (TPSA) is 67.4 Å². The zero-order chi connectivity index (χ0) is 9.97. The predicted molar refractivity (Wildman–Crippen MR) is 48.9 cm³/mol. The minimum atomic E-state index is 0.505. The Morgan fingerprint density at radius 1 is 1.36 bits per heavy atom. The standard InChI is InChI=1S/C9H7N5/c1-14-7(5-10)4-8(13-14)9-6-11-2-3-12-9/h2-4,6H,1H3. The van der Waals surface area contributed by atoms with Crippen molar-refractivity contribution in [2.24, 2.45) is 7.05 Å². The van der Waals surface area contributed by atoms with E-state index in [2.05, 4.69) is 15.1 Å². The Morgan fingerprint density at radius 3 is 2.79 bits per heavy atom. The lowest BCUT2D eigenvalue weighted by molar-refractivity contribution is 0.758. The molecule has 0 aliphatic rings. The van der Waals surface area contributed by atoms with Crippen LogP contribution in [0.2, 0.25) is 0 Å². The fourth-order valence-corrected chi connectivity index (χ4v) is 1.13. The van der Waals surface area contributed by atoms with Crippen molar-refractivity contribution in [3.05, 3.63) is 30.4 Å². The van der Waals surface area contributed by atoms with E-state index in [9.17, 15) is 0 Å². The molecule has 0 saturated carbocycles. The van der Waals surface area contributed by atoms with E-state index in [1.807, 2.05) is 6.07 Å². The van der Waals surface area contributed by atoms with Crippen molar-refractivity contribution in [1.82, 2.24) is 19.7 Å². The minimum absolute atomic E-state index is 0.505. The van der Waals surface area contributed by atoms with Crippen molar-refractivity contribution in [3.63, 3.8) is 0 Å². The van der Waals surface area contributed by atoms with Crippen LogP contribution >= 0.6 is 0 Å². The SMILES string of the molecule is Cn1nc(-c2cnccn2)cc1C#N. The van der Waals surface area contributed by atoms with Crippen molar-refractivity contribution in [2.45, 2.75) is 0 Å². The lowest BCUT2D eigenvalue weighted by Crippen LogP contribution is -1.93. The highest BCUT2D eigenvalue weighted by molar-refractivity contribution is 5.54. The number of hydrogen-bond donors (Lipinski definition) is 0. The summed E-state index contributed by atoms with van der Waals surface area (Å²) in [4.78, 5) is 8.02. The molecule has 2 aromatic rings. The van der Waals surface area contributed by atoms with Gasteiger partial charge in [0, 0.05) is 25.5 Å². The Labute approximate surface area is 80.7 Å². The van der Waals surface area contributed by atoms with E-state index in [-0.39, 0.29) is 0 Å². The molecule has 14 heavy (non-hydrogen) atoms. The van der Waals surface area contributed by atoms with E-state index in [0.717, 1.165) is 0 Å². The summed E-state index contributed by atoms with van der Waals surface area (Å²) in [5.74, 6) is 0. The predicted octanol–water partition coefficient (Wildman–Crippen LogP) is 0.749. The first-order valence-corrected chi connectivity index (χ1v) is 4.02. The van der Waals surface area contributed by atoms with Gasteiger partial charge >= 0.3 is 0 Å². The zero-order valence-corrected chi connectivity index (χ0v) is 7.55. The molecule has 0 amide bonds. The van der Waals surface area contributed by atoms with Crippen LogP contribution in [0, 0.1) is 11.3 Å². The summed E-state index contributed by atoms with van der Waals surface area (Å²) in [6.07, 6.45) is 4.80. The number of nitrogens with zero attached hydrogens (tertiary/aromatic N) is 5. The first kappa shape index (κ1) is 8.38. The molecule has 0 unspecified atom stereocenters. The summed E-state index contributed by atoms with van der Waals surface area (Å²) in [5, 5.41) is 12.9. The highest BCUT2D eigenvalue weighted by atomic mass is 15.3. The molecule has 5 heteroatoms. The molecule has 0 bridgehead atoms. The van der Waals surface area contributed by atoms with Crippen LogP contribution in [0.15, 0.2) is 24.7 Å². The highest BCUT2D eigenvalue weighted by Crippen LogP contribution is 2.13. The largest absolute Gasteiger partial charge is 0.261 e. The van der Waals surface area contributed by atoms with Crippen LogP contribution < -0.4 is 0 Å². The maximum absolute atomic E-state index is 8.73. The summed E-state index contributed by atoms with van der Waals surface area (Å²) in [5.41, 5.74) is 1.84. The number of nitriles is 1. The summed E-state index contributed by atoms with van der Waals surface area (Å²) in [6, 6.07) is 3.72. The number of hydrogen-bond acceptors (Lipinski definition) is 4. The number of aryl methyl sites for hydroxylation is 1. The molecule has 0 spiro atoms. The minimum Gasteiger partial charge on any atom is -0.261 e. The molecule has 0 aliphatic heterocycles. The van der Waals surface area contributed by atoms with Crippen LogP contribution in [0.3, 0.4) is 0 Å². The van der Waals surface area contributed by atoms with Crippen LogP contribution in [0.4, 0.5) is 0 Å². The molecule has 0 fully saturated rings. The van der Waals surface area contributed by atoms with Crippen molar-refractivity contribution in [3.8, 4) is 17.5 Å². The lowest BCUT2D eigenvalue weighted by atomic mass is 10.3. The van der Waals surface area contributed by atoms with E-state index < -0.39 is 0 Å². The average Bonchev–Trinajstić information content (AvgIpc) is 2.61. The van der Waals surface area contributed by atoms with Crippen molar-refractivity contribution >= 4 is 0 Å². The first-order chi connectivity index (χ1) is 6.81. The Bertz CT molecular complexity index is 480. The van der Waals surface area contributed by atoms with Crippen LogP contribution in [0.5, 0.6) is 0 Å². The van der Waals surface area contributed by atoms with Gasteiger partial charge in [-0.3, -0.25) is 14.6 Å². The van der Waals surface area contributed by atoms with E-state index in [0.29, 0.717) is 17.1 Å². The van der Waals surface area contributed by atoms with Gasteiger partial charge < -0.3 is 0 Å². The van der Waals surface area contributed by atoms with Crippen LogP contribution in [0.1, 0.15) is 5.69 Å². The van der Waals surface area contributed by atoms with Gasteiger partial charge in [0.15, 0.2) is 0 Å². The molecular weight excluding hydrogens is 178 g/mol. The van der Waals surface area contributed by atoms with Crippen molar-refractivity contribution < 1.29 is 0 Å². The second kappa shape index (κ2) is 3.26. The molecule has 0 aliphatic carbocycles. The zero-order valence-electron chi connectivity index (χ0n) is 7.55.